The molecule has 0 unspecified atom stereocenters. The maximum atomic E-state index is 13.8. The first kappa shape index (κ1) is 41.8. The molecular weight excluding hydrogens is 657 g/mol. The number of carbonyl (C=O) groups is 4. The molecule has 0 bridgehead atoms. The number of nitrogens with one attached hydrogen (secondary N) is 4. The summed E-state index contributed by atoms with van der Waals surface area (Å²) in [6, 6.07) is 17.1. The molecule has 4 amide bonds. The number of hydrogen-bond donors (Lipinski definition) is 5. The van der Waals surface area contributed by atoms with Crippen LogP contribution >= 0.6 is 11.8 Å². The second-order valence-corrected chi connectivity index (χ2v) is 20.3. The molecule has 10 nitrogen and oxygen atoms in total. The maximum absolute atomic E-state index is 13.8. The van der Waals surface area contributed by atoms with Crippen LogP contribution in [0.25, 0.3) is 0 Å². The summed E-state index contributed by atoms with van der Waals surface area (Å²) in [5, 5.41) is 20.8. The minimum atomic E-state index is -2.45. The van der Waals surface area contributed by atoms with Crippen LogP contribution in [0.3, 0.4) is 0 Å². The molecule has 2 aromatic rings. The lowest BCUT2D eigenvalue weighted by Crippen LogP contribution is -2.57. The molecule has 0 heterocycles. The highest BCUT2D eigenvalue weighted by molar-refractivity contribution is 7.98. The second kappa shape index (κ2) is 19.7. The van der Waals surface area contributed by atoms with Crippen molar-refractivity contribution in [3.8, 4) is 0 Å². The van der Waals surface area contributed by atoms with Crippen molar-refractivity contribution in [1.82, 2.24) is 21.3 Å². The Bertz CT molecular complexity index is 1340. The molecule has 2 rings (SSSR count). The van der Waals surface area contributed by atoms with Crippen molar-refractivity contribution >= 4 is 43.9 Å². The zero-order valence-corrected chi connectivity index (χ0v) is 32.5. The van der Waals surface area contributed by atoms with Crippen LogP contribution in [-0.2, 0) is 31.8 Å². The lowest BCUT2D eigenvalue weighted by atomic mass is 9.92. The average molecular weight is 715 g/mol. The van der Waals surface area contributed by atoms with E-state index in [0.717, 1.165) is 11.1 Å². The van der Waals surface area contributed by atoms with Crippen molar-refractivity contribution in [2.24, 2.45) is 11.8 Å². The molecule has 49 heavy (non-hydrogen) atoms. The molecule has 0 aromatic heterocycles. The summed E-state index contributed by atoms with van der Waals surface area (Å²) in [5.74, 6) is -1.11. The topological polar surface area (TPSA) is 146 Å². The van der Waals surface area contributed by atoms with E-state index in [9.17, 15) is 24.3 Å². The standard InChI is InChI=1S/C37H58N4O6SSi/c1-25(2)32(35(44)38-24-28-18-14-11-15-19-28)41-33(42)26(3)22-31(47-49(8,9)37(4,5)6)30(23-27-16-12-10-13-17-27)39-34(43)29(20-21-48-7)40-36(45)46/h10-19,25-26,29-32,40H,20-24H2,1-9H3,(H,38,44)(H,39,43)(H,41,42)(H,45,46)/t26-,29+,30+,31+,32+/m1/s1. The Kier molecular flexibility index (Phi) is 16.8. The largest absolute Gasteiger partial charge is 0.465 e. The molecule has 0 saturated carbocycles. The van der Waals surface area contributed by atoms with Gasteiger partial charge in [-0.25, -0.2) is 4.79 Å². The van der Waals surface area contributed by atoms with Gasteiger partial charge in [-0.2, -0.15) is 11.8 Å². The second-order valence-electron chi connectivity index (χ2n) is 14.6. The summed E-state index contributed by atoms with van der Waals surface area (Å²) in [6.07, 6.45) is 1.06. The van der Waals surface area contributed by atoms with E-state index < -0.39 is 50.5 Å². The number of carbonyl (C=O) groups excluding carboxylic acids is 3. The minimum Gasteiger partial charge on any atom is -0.465 e. The van der Waals surface area contributed by atoms with Crippen molar-refractivity contribution < 1.29 is 28.7 Å². The highest BCUT2D eigenvalue weighted by atomic mass is 32.2. The van der Waals surface area contributed by atoms with Crippen molar-refractivity contribution in [2.45, 2.75) is 110 Å². The highest BCUT2D eigenvalue weighted by Crippen LogP contribution is 2.38. The smallest absolute Gasteiger partial charge is 0.405 e. The molecule has 0 saturated heterocycles. The van der Waals surface area contributed by atoms with E-state index >= 15 is 0 Å². The predicted molar refractivity (Wildman–Crippen MR) is 201 cm³/mol. The molecule has 5 N–H and O–H groups in total. The number of thioether (sulfide) groups is 1. The molecule has 0 radical (unpaired) electrons. The van der Waals surface area contributed by atoms with Gasteiger partial charge >= 0.3 is 6.09 Å². The zero-order valence-electron chi connectivity index (χ0n) is 30.7. The van der Waals surface area contributed by atoms with Crippen molar-refractivity contribution in [3.63, 3.8) is 0 Å². The fourth-order valence-electron chi connectivity index (χ4n) is 5.11. The highest BCUT2D eigenvalue weighted by Gasteiger charge is 2.42. The fourth-order valence-corrected chi connectivity index (χ4v) is 6.95. The van der Waals surface area contributed by atoms with Crippen LogP contribution < -0.4 is 21.3 Å². The summed E-state index contributed by atoms with van der Waals surface area (Å²) in [5.41, 5.74) is 1.93. The third-order valence-corrected chi connectivity index (χ3v) is 14.3. The van der Waals surface area contributed by atoms with Crippen molar-refractivity contribution in [1.29, 1.82) is 0 Å². The van der Waals surface area contributed by atoms with Crippen LogP contribution in [0.2, 0.25) is 18.1 Å². The normalized spacial score (nSPS) is 15.0. The van der Waals surface area contributed by atoms with E-state index in [-0.39, 0.29) is 29.2 Å². The van der Waals surface area contributed by atoms with Crippen LogP contribution in [0.15, 0.2) is 60.7 Å². The Morgan fingerprint density at radius 2 is 1.41 bits per heavy atom. The zero-order chi connectivity index (χ0) is 36.8. The van der Waals surface area contributed by atoms with E-state index in [1.165, 1.54) is 11.8 Å². The van der Waals surface area contributed by atoms with Gasteiger partial charge in [0.25, 0.3) is 0 Å². The van der Waals surface area contributed by atoms with Crippen LogP contribution in [0.5, 0.6) is 0 Å². The Labute approximate surface area is 298 Å². The van der Waals surface area contributed by atoms with Crippen LogP contribution in [0.4, 0.5) is 4.79 Å². The van der Waals surface area contributed by atoms with Gasteiger partial charge in [0.1, 0.15) is 12.1 Å². The first-order valence-corrected chi connectivity index (χ1v) is 21.4. The molecule has 0 aliphatic heterocycles. The lowest BCUT2D eigenvalue weighted by molar-refractivity contribution is -0.132. The molecule has 12 heteroatoms. The molecule has 0 fully saturated rings. The fraction of sp³-hybridized carbons (Fsp3) is 0.568. The summed E-state index contributed by atoms with van der Waals surface area (Å²) in [4.78, 5) is 52.4. The maximum Gasteiger partial charge on any atom is 0.405 e. The van der Waals surface area contributed by atoms with Crippen molar-refractivity contribution in [2.75, 3.05) is 12.0 Å². The molecule has 2 aromatic carbocycles. The lowest BCUT2D eigenvalue weighted by Gasteiger charge is -2.42. The van der Waals surface area contributed by atoms with Crippen LogP contribution in [0.1, 0.15) is 65.5 Å². The van der Waals surface area contributed by atoms with E-state index in [0.29, 0.717) is 25.1 Å². The van der Waals surface area contributed by atoms with Gasteiger partial charge < -0.3 is 30.8 Å². The van der Waals surface area contributed by atoms with E-state index in [1.807, 2.05) is 87.7 Å². The Morgan fingerprint density at radius 3 is 1.92 bits per heavy atom. The number of carboxylic acid groups (broad SMARTS) is 1. The van der Waals surface area contributed by atoms with Gasteiger partial charge in [-0.1, -0.05) is 102 Å². The summed E-state index contributed by atoms with van der Waals surface area (Å²) < 4.78 is 7.01. The van der Waals surface area contributed by atoms with Gasteiger partial charge in [-0.05, 0) is 66.4 Å². The molecular formula is C37H58N4O6SSi. The third kappa shape index (κ3) is 14.2. The number of benzene rings is 2. The average Bonchev–Trinajstić information content (AvgIpc) is 3.03. The quantitative estimate of drug-likeness (QED) is 0.113. The Hall–Kier alpha value is -3.35. The van der Waals surface area contributed by atoms with E-state index in [2.05, 4.69) is 55.1 Å². The first-order valence-electron chi connectivity index (χ1n) is 17.1. The SMILES string of the molecule is CSCC[C@H](NC(=O)O)C(=O)N[C@@H](Cc1ccccc1)[C@H](C[C@@H](C)C(=O)N[C@H](C(=O)NCc1ccccc1)C(C)C)O[Si](C)(C)C(C)(C)C. The van der Waals surface area contributed by atoms with Gasteiger partial charge in [-0.15, -0.1) is 0 Å². The monoisotopic (exact) mass is 714 g/mol. The Balaban J connectivity index is 2.40. The van der Waals surface area contributed by atoms with E-state index in [1.54, 1.807) is 0 Å². The van der Waals surface area contributed by atoms with Gasteiger partial charge in [0.2, 0.25) is 17.7 Å². The summed E-state index contributed by atoms with van der Waals surface area (Å²) in [6.45, 7) is 16.6. The summed E-state index contributed by atoms with van der Waals surface area (Å²) >= 11 is 1.53. The predicted octanol–water partition coefficient (Wildman–Crippen LogP) is 5.98. The summed E-state index contributed by atoms with van der Waals surface area (Å²) in [7, 11) is -2.45. The number of amides is 4. The van der Waals surface area contributed by atoms with Crippen LogP contribution in [-0.4, -0.2) is 73.5 Å². The molecule has 272 valence electrons. The number of rotatable bonds is 19. The third-order valence-electron chi connectivity index (χ3n) is 9.14. The number of hydrogen-bond acceptors (Lipinski definition) is 6. The van der Waals surface area contributed by atoms with Crippen molar-refractivity contribution in [3.05, 3.63) is 71.8 Å². The minimum absolute atomic E-state index is 0.156. The molecule has 0 aliphatic rings. The van der Waals surface area contributed by atoms with Crippen LogP contribution in [0, 0.1) is 11.8 Å². The van der Waals surface area contributed by atoms with Gasteiger partial charge in [0.05, 0.1) is 12.1 Å². The molecule has 5 atom stereocenters. The molecule has 0 aliphatic carbocycles. The molecule has 0 spiro atoms. The van der Waals surface area contributed by atoms with Gasteiger partial charge in [0.15, 0.2) is 8.32 Å². The first-order chi connectivity index (χ1) is 22.9. The van der Waals surface area contributed by atoms with Gasteiger partial charge in [0, 0.05) is 12.5 Å². The Morgan fingerprint density at radius 1 is 0.837 bits per heavy atom. The van der Waals surface area contributed by atoms with E-state index in [4.69, 9.17) is 4.43 Å². The van der Waals surface area contributed by atoms with Gasteiger partial charge in [-0.3, -0.25) is 14.4 Å².